The van der Waals surface area contributed by atoms with Gasteiger partial charge in [-0.15, -0.1) is 0 Å². The second kappa shape index (κ2) is 9.45. The van der Waals surface area contributed by atoms with Crippen LogP contribution >= 0.6 is 12.6 Å². The first-order valence-electron chi connectivity index (χ1n) is 7.55. The predicted molar refractivity (Wildman–Crippen MR) is 93.0 cm³/mol. The Morgan fingerprint density at radius 3 is 2.22 bits per heavy atom. The molecule has 1 rings (SSSR count). The van der Waals surface area contributed by atoms with Crippen molar-refractivity contribution in [3.05, 3.63) is 29.8 Å². The van der Waals surface area contributed by atoms with Crippen LogP contribution in [0.3, 0.4) is 0 Å². The number of carbonyl (C=O) groups is 2. The van der Waals surface area contributed by atoms with E-state index < -0.39 is 12.0 Å². The molecule has 0 aliphatic carbocycles. The van der Waals surface area contributed by atoms with Gasteiger partial charge in [0.1, 0.15) is 11.8 Å². The molecule has 128 valence electrons. The lowest BCUT2D eigenvalue weighted by Crippen LogP contribution is -2.45. The Balaban J connectivity index is 2.95. The largest absolute Gasteiger partial charge is 0.497 e. The topological polar surface area (TPSA) is 64.6 Å². The van der Waals surface area contributed by atoms with E-state index in [0.29, 0.717) is 12.3 Å². The lowest BCUT2D eigenvalue weighted by atomic mass is 9.89. The minimum Gasteiger partial charge on any atom is -0.497 e. The Morgan fingerprint density at radius 2 is 1.78 bits per heavy atom. The molecule has 0 fully saturated rings. The van der Waals surface area contributed by atoms with E-state index in [1.54, 1.807) is 7.11 Å². The minimum atomic E-state index is -0.747. The summed E-state index contributed by atoms with van der Waals surface area (Å²) in [6, 6.07) is 6.65. The van der Waals surface area contributed by atoms with Gasteiger partial charge in [0, 0.05) is 5.75 Å². The number of rotatable bonds is 8. The molecular weight excluding hydrogens is 314 g/mol. The lowest BCUT2D eigenvalue weighted by molar-refractivity contribution is -0.144. The molecule has 1 aromatic carbocycles. The fourth-order valence-electron chi connectivity index (χ4n) is 2.30. The zero-order valence-electron chi connectivity index (χ0n) is 14.0. The van der Waals surface area contributed by atoms with Crippen molar-refractivity contribution in [1.82, 2.24) is 5.32 Å². The second-order valence-corrected chi connectivity index (χ2v) is 6.09. The summed E-state index contributed by atoms with van der Waals surface area (Å²) in [5.41, 5.74) is 0.889. The molecule has 1 N–H and O–H groups in total. The smallest absolute Gasteiger partial charge is 0.329 e. The lowest BCUT2D eigenvalue weighted by Gasteiger charge is -2.22. The first-order valence-corrected chi connectivity index (χ1v) is 8.19. The SMILES string of the molecule is COC(=O)[C@H](CS)NC(=O)C(CC(C)C)c1ccc(OC)cc1. The molecule has 0 radical (unpaired) electrons. The summed E-state index contributed by atoms with van der Waals surface area (Å²) in [6.45, 7) is 4.11. The van der Waals surface area contributed by atoms with Gasteiger partial charge in [-0.2, -0.15) is 12.6 Å². The quantitative estimate of drug-likeness (QED) is 0.564. The van der Waals surface area contributed by atoms with E-state index >= 15 is 0 Å². The summed E-state index contributed by atoms with van der Waals surface area (Å²) < 4.78 is 9.83. The van der Waals surface area contributed by atoms with Crippen LogP contribution in [-0.2, 0) is 14.3 Å². The number of thiol groups is 1. The summed E-state index contributed by atoms with van der Waals surface area (Å²) >= 11 is 4.10. The number of ether oxygens (including phenoxy) is 2. The molecule has 0 bridgehead atoms. The number of hydrogen-bond acceptors (Lipinski definition) is 5. The molecule has 1 amide bonds. The van der Waals surface area contributed by atoms with Crippen LogP contribution < -0.4 is 10.1 Å². The minimum absolute atomic E-state index is 0.190. The van der Waals surface area contributed by atoms with Gasteiger partial charge in [0.15, 0.2) is 0 Å². The van der Waals surface area contributed by atoms with Gasteiger partial charge in [-0.3, -0.25) is 4.79 Å². The van der Waals surface area contributed by atoms with Crippen molar-refractivity contribution in [1.29, 1.82) is 0 Å². The molecule has 1 aromatic rings. The highest BCUT2D eigenvalue weighted by atomic mass is 32.1. The van der Waals surface area contributed by atoms with Crippen molar-refractivity contribution in [3.63, 3.8) is 0 Å². The molecular formula is C17H25NO4S. The number of amides is 1. The Hall–Kier alpha value is -1.69. The van der Waals surface area contributed by atoms with E-state index in [-0.39, 0.29) is 17.6 Å². The highest BCUT2D eigenvalue weighted by Gasteiger charge is 2.27. The van der Waals surface area contributed by atoms with Crippen LogP contribution in [0.5, 0.6) is 5.75 Å². The van der Waals surface area contributed by atoms with Crippen LogP contribution in [0.25, 0.3) is 0 Å². The molecule has 0 aromatic heterocycles. The molecule has 0 aliphatic rings. The maximum absolute atomic E-state index is 12.6. The molecule has 1 unspecified atom stereocenters. The van der Waals surface area contributed by atoms with Crippen LogP contribution in [0.15, 0.2) is 24.3 Å². The van der Waals surface area contributed by atoms with E-state index in [9.17, 15) is 9.59 Å². The number of benzene rings is 1. The summed E-state index contributed by atoms with van der Waals surface area (Å²) in [5.74, 6) is 0.225. The monoisotopic (exact) mass is 339 g/mol. The van der Waals surface area contributed by atoms with E-state index in [1.165, 1.54) is 7.11 Å². The molecule has 0 aliphatic heterocycles. The van der Waals surface area contributed by atoms with Crippen molar-refractivity contribution in [3.8, 4) is 5.75 Å². The zero-order valence-corrected chi connectivity index (χ0v) is 14.9. The van der Waals surface area contributed by atoms with Crippen LogP contribution in [0.2, 0.25) is 0 Å². The van der Waals surface area contributed by atoms with Gasteiger partial charge in [0.05, 0.1) is 20.1 Å². The van der Waals surface area contributed by atoms with Crippen molar-refractivity contribution in [2.45, 2.75) is 32.2 Å². The number of methoxy groups -OCH3 is 2. The maximum atomic E-state index is 12.6. The molecule has 23 heavy (non-hydrogen) atoms. The standard InChI is InChI=1S/C17H25NO4S/c1-11(2)9-14(12-5-7-13(21-3)8-6-12)16(19)18-15(10-23)17(20)22-4/h5-8,11,14-15,23H,9-10H2,1-4H3,(H,18,19)/t14?,15-/m0/s1. The Morgan fingerprint density at radius 1 is 1.17 bits per heavy atom. The first-order chi connectivity index (χ1) is 10.9. The van der Waals surface area contributed by atoms with Gasteiger partial charge in [-0.1, -0.05) is 26.0 Å². The molecule has 0 saturated heterocycles. The van der Waals surface area contributed by atoms with Crippen LogP contribution in [0, 0.1) is 5.92 Å². The normalized spacial score (nSPS) is 13.3. The molecule has 5 nitrogen and oxygen atoms in total. The second-order valence-electron chi connectivity index (χ2n) is 5.72. The highest BCUT2D eigenvalue weighted by molar-refractivity contribution is 7.80. The average Bonchev–Trinajstić information content (AvgIpc) is 2.56. The fourth-order valence-corrected chi connectivity index (χ4v) is 2.54. The van der Waals surface area contributed by atoms with E-state index in [1.807, 2.05) is 24.3 Å². The van der Waals surface area contributed by atoms with Gasteiger partial charge in [-0.25, -0.2) is 4.79 Å². The molecule has 2 atom stereocenters. The van der Waals surface area contributed by atoms with Crippen molar-refractivity contribution in [2.75, 3.05) is 20.0 Å². The molecule has 0 saturated carbocycles. The number of hydrogen-bond donors (Lipinski definition) is 2. The Kier molecular flexibility index (Phi) is 7.95. The van der Waals surface area contributed by atoms with Crippen LogP contribution in [-0.4, -0.2) is 37.9 Å². The first kappa shape index (κ1) is 19.4. The highest BCUT2D eigenvalue weighted by Crippen LogP contribution is 2.26. The average molecular weight is 339 g/mol. The Bertz CT molecular complexity index is 516. The third-order valence-corrected chi connectivity index (χ3v) is 3.89. The van der Waals surface area contributed by atoms with Gasteiger partial charge < -0.3 is 14.8 Å². The van der Waals surface area contributed by atoms with Gasteiger partial charge >= 0.3 is 5.97 Å². The molecule has 0 spiro atoms. The fraction of sp³-hybridized carbons (Fsp3) is 0.529. The Labute approximate surface area is 143 Å². The molecule has 0 heterocycles. The van der Waals surface area contributed by atoms with Crippen molar-refractivity contribution in [2.24, 2.45) is 5.92 Å². The number of nitrogens with one attached hydrogen (secondary N) is 1. The third kappa shape index (κ3) is 5.78. The number of carbonyl (C=O) groups excluding carboxylic acids is 2. The molecule has 6 heteroatoms. The zero-order chi connectivity index (χ0) is 17.4. The van der Waals surface area contributed by atoms with Crippen LogP contribution in [0.4, 0.5) is 0 Å². The van der Waals surface area contributed by atoms with Crippen molar-refractivity contribution >= 4 is 24.5 Å². The van der Waals surface area contributed by atoms with E-state index in [0.717, 1.165) is 11.3 Å². The number of esters is 1. The van der Waals surface area contributed by atoms with Crippen molar-refractivity contribution < 1.29 is 19.1 Å². The van der Waals surface area contributed by atoms with Gasteiger partial charge in [0.2, 0.25) is 5.91 Å². The van der Waals surface area contributed by atoms with Gasteiger partial charge in [0.25, 0.3) is 0 Å². The predicted octanol–water partition coefficient (Wildman–Crippen LogP) is 2.41. The summed E-state index contributed by atoms with van der Waals surface area (Å²) in [6.07, 6.45) is 0.679. The summed E-state index contributed by atoms with van der Waals surface area (Å²) in [4.78, 5) is 24.3. The third-order valence-electron chi connectivity index (χ3n) is 3.53. The summed E-state index contributed by atoms with van der Waals surface area (Å²) in [5, 5.41) is 2.73. The van der Waals surface area contributed by atoms with Crippen LogP contribution in [0.1, 0.15) is 31.7 Å². The van der Waals surface area contributed by atoms with E-state index in [4.69, 9.17) is 4.74 Å². The van der Waals surface area contributed by atoms with Gasteiger partial charge in [-0.05, 0) is 30.0 Å². The summed E-state index contributed by atoms with van der Waals surface area (Å²) in [7, 11) is 2.89. The van der Waals surface area contributed by atoms with E-state index in [2.05, 4.69) is 36.5 Å². The maximum Gasteiger partial charge on any atom is 0.329 e.